The van der Waals surface area contributed by atoms with E-state index in [0.717, 1.165) is 5.92 Å². The molecule has 0 spiro atoms. The lowest BCUT2D eigenvalue weighted by atomic mass is 10.3. The molecule has 0 aliphatic heterocycles. The van der Waals surface area contributed by atoms with E-state index in [4.69, 9.17) is 0 Å². The van der Waals surface area contributed by atoms with Crippen LogP contribution in [-0.4, -0.2) is 0 Å². The van der Waals surface area contributed by atoms with Gasteiger partial charge in [0.1, 0.15) is 0 Å². The van der Waals surface area contributed by atoms with E-state index in [-0.39, 0.29) is 0 Å². The maximum atomic E-state index is 3.22. The van der Waals surface area contributed by atoms with Gasteiger partial charge in [-0.2, -0.15) is 0 Å². The second-order valence-electron chi connectivity index (χ2n) is 2.20. The fraction of sp³-hybridized carbons (Fsp3) is 0.429. The van der Waals surface area contributed by atoms with Crippen LogP contribution in [0.5, 0.6) is 0 Å². The van der Waals surface area contributed by atoms with E-state index in [1.807, 2.05) is 17.4 Å². The number of thiophene rings is 1. The van der Waals surface area contributed by atoms with Crippen LogP contribution in [0.1, 0.15) is 23.6 Å². The average molecular weight is 123 g/mol. The van der Waals surface area contributed by atoms with E-state index in [0.29, 0.717) is 0 Å². The predicted octanol–water partition coefficient (Wildman–Crippen LogP) is 2.43. The van der Waals surface area contributed by atoms with Crippen LogP contribution in [0.25, 0.3) is 0 Å². The molecule has 0 unspecified atom stereocenters. The van der Waals surface area contributed by atoms with Gasteiger partial charge in [-0.15, -0.1) is 11.3 Å². The molecule has 1 aromatic rings. The molecule has 1 fully saturated rings. The number of hydrogen-bond acceptors (Lipinski definition) is 1. The third-order valence-electron chi connectivity index (χ3n) is 1.44. The van der Waals surface area contributed by atoms with Gasteiger partial charge in [-0.1, -0.05) is 0 Å². The van der Waals surface area contributed by atoms with E-state index in [2.05, 4.69) is 11.4 Å². The first-order valence-corrected chi connectivity index (χ1v) is 3.80. The number of hydrogen-bond donors (Lipinski definition) is 0. The molecule has 0 bridgehead atoms. The topological polar surface area (TPSA) is 0 Å². The summed E-state index contributed by atoms with van der Waals surface area (Å²) in [6.07, 6.45) is 2.80. The smallest absolute Gasteiger partial charge is 0.0155 e. The first kappa shape index (κ1) is 4.57. The fourth-order valence-electron chi connectivity index (χ4n) is 0.817. The summed E-state index contributed by atoms with van der Waals surface area (Å²) in [6.45, 7) is 0. The molecule has 0 saturated heterocycles. The minimum atomic E-state index is 0.898. The van der Waals surface area contributed by atoms with Gasteiger partial charge in [-0.3, -0.25) is 0 Å². The van der Waals surface area contributed by atoms with Gasteiger partial charge >= 0.3 is 0 Å². The Morgan fingerprint density at radius 3 is 3.00 bits per heavy atom. The molecular formula is C7H7S. The Balaban J connectivity index is 2.28. The third-order valence-corrected chi connectivity index (χ3v) is 2.41. The Labute approximate surface area is 53.2 Å². The van der Waals surface area contributed by atoms with E-state index in [1.54, 1.807) is 0 Å². The summed E-state index contributed by atoms with van der Waals surface area (Å²) in [4.78, 5) is 1.46. The van der Waals surface area contributed by atoms with Crippen LogP contribution in [0.15, 0.2) is 11.4 Å². The van der Waals surface area contributed by atoms with Crippen molar-refractivity contribution in [3.8, 4) is 0 Å². The molecule has 1 aliphatic carbocycles. The van der Waals surface area contributed by atoms with Crippen molar-refractivity contribution in [2.24, 2.45) is 0 Å². The van der Waals surface area contributed by atoms with Crippen LogP contribution in [0.2, 0.25) is 0 Å². The minimum Gasteiger partial charge on any atom is -0.148 e. The first-order chi connectivity index (χ1) is 3.97. The average Bonchev–Trinajstić information content (AvgIpc) is 2.49. The van der Waals surface area contributed by atoms with Crippen LogP contribution in [0, 0.1) is 6.07 Å². The minimum absolute atomic E-state index is 0.898. The molecule has 2 rings (SSSR count). The fourth-order valence-corrected chi connectivity index (χ4v) is 1.66. The highest BCUT2D eigenvalue weighted by molar-refractivity contribution is 7.10. The molecule has 0 N–H and O–H groups in total. The van der Waals surface area contributed by atoms with Crippen molar-refractivity contribution < 1.29 is 0 Å². The summed E-state index contributed by atoms with van der Waals surface area (Å²) in [5.74, 6) is 0.898. The lowest BCUT2D eigenvalue weighted by Gasteiger charge is -1.81. The zero-order valence-corrected chi connectivity index (χ0v) is 5.37. The predicted molar refractivity (Wildman–Crippen MR) is 35.1 cm³/mol. The van der Waals surface area contributed by atoms with Gasteiger partial charge in [-0.05, 0) is 36.3 Å². The molecule has 8 heavy (non-hydrogen) atoms. The van der Waals surface area contributed by atoms with Crippen molar-refractivity contribution >= 4 is 11.3 Å². The van der Waals surface area contributed by atoms with Crippen LogP contribution in [0.3, 0.4) is 0 Å². The highest BCUT2D eigenvalue weighted by Crippen LogP contribution is 2.41. The molecule has 0 aromatic carbocycles. The number of rotatable bonds is 1. The largest absolute Gasteiger partial charge is 0.148 e. The molecular weight excluding hydrogens is 116 g/mol. The van der Waals surface area contributed by atoms with Crippen molar-refractivity contribution in [2.75, 3.05) is 0 Å². The summed E-state index contributed by atoms with van der Waals surface area (Å²) in [5.41, 5.74) is 0. The van der Waals surface area contributed by atoms with Crippen LogP contribution in [0.4, 0.5) is 0 Å². The van der Waals surface area contributed by atoms with Gasteiger partial charge in [0.25, 0.3) is 0 Å². The Morgan fingerprint density at radius 2 is 2.50 bits per heavy atom. The van der Waals surface area contributed by atoms with Crippen molar-refractivity contribution in [1.82, 2.24) is 0 Å². The summed E-state index contributed by atoms with van der Waals surface area (Å²) in [5, 5.41) is 2.10. The van der Waals surface area contributed by atoms with Crippen molar-refractivity contribution in [1.29, 1.82) is 0 Å². The van der Waals surface area contributed by atoms with Gasteiger partial charge in [-0.25, -0.2) is 0 Å². The Bertz CT molecular complexity index is 161. The molecule has 1 aromatic heterocycles. The van der Waals surface area contributed by atoms with E-state index in [1.165, 1.54) is 17.7 Å². The van der Waals surface area contributed by atoms with Crippen LogP contribution >= 0.6 is 11.3 Å². The quantitative estimate of drug-likeness (QED) is 0.538. The molecule has 0 atom stereocenters. The Kier molecular flexibility index (Phi) is 0.908. The van der Waals surface area contributed by atoms with Gasteiger partial charge in [0.2, 0.25) is 0 Å². The van der Waals surface area contributed by atoms with E-state index >= 15 is 0 Å². The second-order valence-corrected chi connectivity index (χ2v) is 3.15. The van der Waals surface area contributed by atoms with Gasteiger partial charge < -0.3 is 0 Å². The van der Waals surface area contributed by atoms with Gasteiger partial charge in [0.05, 0.1) is 0 Å². The van der Waals surface area contributed by atoms with Crippen LogP contribution in [-0.2, 0) is 0 Å². The third kappa shape index (κ3) is 0.671. The highest BCUT2D eigenvalue weighted by atomic mass is 32.1. The normalized spacial score (nSPS) is 19.0. The van der Waals surface area contributed by atoms with Crippen molar-refractivity contribution in [3.05, 3.63) is 22.4 Å². The molecule has 0 nitrogen and oxygen atoms in total. The van der Waals surface area contributed by atoms with Crippen LogP contribution < -0.4 is 0 Å². The summed E-state index contributed by atoms with van der Waals surface area (Å²) >= 11 is 1.84. The van der Waals surface area contributed by atoms with Crippen molar-refractivity contribution in [2.45, 2.75) is 18.8 Å². The monoisotopic (exact) mass is 123 g/mol. The lowest BCUT2D eigenvalue weighted by molar-refractivity contribution is 1.18. The lowest BCUT2D eigenvalue weighted by Crippen LogP contribution is -1.63. The molecule has 1 heteroatoms. The zero-order valence-electron chi connectivity index (χ0n) is 4.55. The Hall–Kier alpha value is -0.300. The molecule has 1 aliphatic rings. The maximum absolute atomic E-state index is 3.22. The summed E-state index contributed by atoms with van der Waals surface area (Å²) in [7, 11) is 0. The summed E-state index contributed by atoms with van der Waals surface area (Å²) in [6, 6.07) is 5.23. The van der Waals surface area contributed by atoms with Gasteiger partial charge in [0.15, 0.2) is 0 Å². The molecule has 1 radical (unpaired) electrons. The Morgan fingerprint density at radius 1 is 1.62 bits per heavy atom. The van der Waals surface area contributed by atoms with Crippen molar-refractivity contribution in [3.63, 3.8) is 0 Å². The first-order valence-electron chi connectivity index (χ1n) is 2.92. The standard InChI is InChI=1S/C7H7S/c1-2-7(8-5-1)6-3-4-6/h1,5-6H,3-4H2. The molecule has 41 valence electrons. The molecule has 1 heterocycles. The van der Waals surface area contributed by atoms with Gasteiger partial charge in [0, 0.05) is 4.88 Å². The molecule has 0 amide bonds. The van der Waals surface area contributed by atoms with E-state index < -0.39 is 0 Å². The van der Waals surface area contributed by atoms with E-state index in [9.17, 15) is 0 Å². The SMILES string of the molecule is [c]1ccsc1C1CC1. The zero-order chi connectivity index (χ0) is 5.40. The second kappa shape index (κ2) is 1.59. The molecule has 1 saturated carbocycles. The maximum Gasteiger partial charge on any atom is 0.0155 e. The summed E-state index contributed by atoms with van der Waals surface area (Å²) < 4.78 is 0. The highest BCUT2D eigenvalue weighted by Gasteiger charge is 2.23.